The van der Waals surface area contributed by atoms with E-state index < -0.39 is 15.8 Å². The lowest BCUT2D eigenvalue weighted by Crippen LogP contribution is -2.26. The first-order chi connectivity index (χ1) is 10.8. The topological polar surface area (TPSA) is 101 Å². The van der Waals surface area contributed by atoms with Gasteiger partial charge in [-0.1, -0.05) is 0 Å². The maximum Gasteiger partial charge on any atom is 0.419 e. The predicted molar refractivity (Wildman–Crippen MR) is 83.4 cm³/mol. The molecule has 9 heteroatoms. The molecular weight excluding hydrogens is 320 g/mol. The Morgan fingerprint density at radius 3 is 2.78 bits per heavy atom. The Morgan fingerprint density at radius 1 is 1.39 bits per heavy atom. The molecule has 1 N–H and O–H groups in total. The van der Waals surface area contributed by atoms with E-state index in [0.29, 0.717) is 5.52 Å². The molecular formula is C14H16N4O4S. The molecule has 0 saturated carbocycles. The second-order valence-electron chi connectivity index (χ2n) is 5.34. The van der Waals surface area contributed by atoms with Gasteiger partial charge in [-0.25, -0.2) is 13.2 Å². The molecule has 0 aliphatic rings. The minimum absolute atomic E-state index is 0.0722. The molecule has 0 aliphatic heterocycles. The molecule has 0 amide bonds. The molecule has 3 rings (SSSR count). The smallest absolute Gasteiger partial charge is 0.408 e. The first kappa shape index (κ1) is 15.5. The van der Waals surface area contributed by atoms with Crippen LogP contribution in [-0.4, -0.2) is 34.5 Å². The van der Waals surface area contributed by atoms with Crippen molar-refractivity contribution in [3.63, 3.8) is 0 Å². The monoisotopic (exact) mass is 336 g/mol. The summed E-state index contributed by atoms with van der Waals surface area (Å²) in [6, 6.07) is 4.39. The summed E-state index contributed by atoms with van der Waals surface area (Å²) < 4.78 is 32.9. The number of hydrogen-bond acceptors (Lipinski definition) is 5. The number of nitrogens with one attached hydrogen (secondary N) is 1. The molecule has 0 fully saturated rings. The molecule has 0 spiro atoms. The summed E-state index contributed by atoms with van der Waals surface area (Å²) in [5.74, 6) is -0.531. The van der Waals surface area contributed by atoms with Gasteiger partial charge in [-0.05, 0) is 19.1 Å². The van der Waals surface area contributed by atoms with Crippen LogP contribution in [0.25, 0.3) is 11.1 Å². The first-order valence-corrected chi connectivity index (χ1v) is 8.29. The van der Waals surface area contributed by atoms with E-state index in [1.165, 1.54) is 28.1 Å². The van der Waals surface area contributed by atoms with Crippen molar-refractivity contribution in [3.05, 3.63) is 46.2 Å². The standard InChI is InChI=1S/C14H16N4O4S/c1-9-10(7-15-16-9)8-17(2)23(20,21)11-4-5-12-13(6-11)22-14(19)18(12)3/h4-7H,8H2,1-3H3,(H,15,16). The summed E-state index contributed by atoms with van der Waals surface area (Å²) >= 11 is 0. The van der Waals surface area contributed by atoms with E-state index in [9.17, 15) is 13.2 Å². The Hall–Kier alpha value is -2.39. The highest BCUT2D eigenvalue weighted by Crippen LogP contribution is 2.22. The van der Waals surface area contributed by atoms with Crippen molar-refractivity contribution in [1.29, 1.82) is 0 Å². The van der Waals surface area contributed by atoms with Gasteiger partial charge in [-0.3, -0.25) is 9.67 Å². The number of sulfonamides is 1. The zero-order chi connectivity index (χ0) is 16.8. The van der Waals surface area contributed by atoms with Gasteiger partial charge >= 0.3 is 5.76 Å². The van der Waals surface area contributed by atoms with Crippen LogP contribution in [0.15, 0.2) is 38.5 Å². The maximum atomic E-state index is 12.7. The van der Waals surface area contributed by atoms with Crippen LogP contribution in [0.5, 0.6) is 0 Å². The van der Waals surface area contributed by atoms with E-state index in [0.717, 1.165) is 11.3 Å². The molecule has 1 aromatic carbocycles. The van der Waals surface area contributed by atoms with Gasteiger partial charge in [0.1, 0.15) is 0 Å². The highest BCUT2D eigenvalue weighted by Gasteiger charge is 2.23. The van der Waals surface area contributed by atoms with Crippen LogP contribution >= 0.6 is 0 Å². The summed E-state index contributed by atoms with van der Waals surface area (Å²) in [6.45, 7) is 2.02. The zero-order valence-electron chi connectivity index (χ0n) is 12.9. The van der Waals surface area contributed by atoms with Crippen LogP contribution in [0.1, 0.15) is 11.3 Å². The Labute approximate surface area is 132 Å². The minimum Gasteiger partial charge on any atom is -0.408 e. The van der Waals surface area contributed by atoms with E-state index >= 15 is 0 Å². The number of aryl methyl sites for hydroxylation is 2. The van der Waals surface area contributed by atoms with Gasteiger partial charge in [0.2, 0.25) is 10.0 Å². The second kappa shape index (κ2) is 5.36. The van der Waals surface area contributed by atoms with Crippen molar-refractivity contribution in [1.82, 2.24) is 19.1 Å². The lowest BCUT2D eigenvalue weighted by molar-refractivity contribution is 0.465. The number of oxazole rings is 1. The number of H-pyrrole nitrogens is 1. The fraction of sp³-hybridized carbons (Fsp3) is 0.286. The number of fused-ring (bicyclic) bond motifs is 1. The fourth-order valence-corrected chi connectivity index (χ4v) is 3.48. The van der Waals surface area contributed by atoms with Crippen molar-refractivity contribution < 1.29 is 12.8 Å². The summed E-state index contributed by atoms with van der Waals surface area (Å²) in [6.07, 6.45) is 1.60. The van der Waals surface area contributed by atoms with Crippen LogP contribution in [-0.2, 0) is 23.6 Å². The molecule has 0 unspecified atom stereocenters. The van der Waals surface area contributed by atoms with E-state index in [1.807, 2.05) is 6.92 Å². The van der Waals surface area contributed by atoms with Gasteiger partial charge in [-0.15, -0.1) is 0 Å². The number of aromatic amines is 1. The van der Waals surface area contributed by atoms with E-state index in [2.05, 4.69) is 10.2 Å². The Bertz CT molecular complexity index is 1030. The van der Waals surface area contributed by atoms with Gasteiger partial charge in [0.15, 0.2) is 5.58 Å². The number of aromatic nitrogens is 3. The molecule has 122 valence electrons. The van der Waals surface area contributed by atoms with Crippen molar-refractivity contribution in [2.45, 2.75) is 18.4 Å². The highest BCUT2D eigenvalue weighted by molar-refractivity contribution is 7.89. The molecule has 0 atom stereocenters. The Morgan fingerprint density at radius 2 is 2.13 bits per heavy atom. The molecule has 2 aromatic heterocycles. The quantitative estimate of drug-likeness (QED) is 0.765. The van der Waals surface area contributed by atoms with Gasteiger partial charge in [0.25, 0.3) is 0 Å². The SMILES string of the molecule is Cc1[nH]ncc1CN(C)S(=O)(=O)c1ccc2c(c1)oc(=O)n2C. The number of hydrogen-bond donors (Lipinski definition) is 1. The molecule has 23 heavy (non-hydrogen) atoms. The zero-order valence-corrected chi connectivity index (χ0v) is 13.7. The van der Waals surface area contributed by atoms with Gasteiger partial charge in [0.05, 0.1) is 16.6 Å². The van der Waals surface area contributed by atoms with Crippen molar-refractivity contribution >= 4 is 21.1 Å². The summed E-state index contributed by atoms with van der Waals surface area (Å²) in [4.78, 5) is 11.6. The van der Waals surface area contributed by atoms with E-state index in [-0.39, 0.29) is 17.0 Å². The van der Waals surface area contributed by atoms with Crippen molar-refractivity contribution in [2.75, 3.05) is 7.05 Å². The lowest BCUT2D eigenvalue weighted by atomic mass is 10.3. The normalized spacial score (nSPS) is 12.3. The van der Waals surface area contributed by atoms with Crippen LogP contribution in [0, 0.1) is 6.92 Å². The number of benzene rings is 1. The second-order valence-corrected chi connectivity index (χ2v) is 7.38. The fourth-order valence-electron chi connectivity index (χ4n) is 2.31. The van der Waals surface area contributed by atoms with E-state index in [1.54, 1.807) is 19.3 Å². The number of rotatable bonds is 4. The first-order valence-electron chi connectivity index (χ1n) is 6.85. The average Bonchev–Trinajstić information content (AvgIpc) is 3.03. The third-order valence-corrected chi connectivity index (χ3v) is 5.60. The molecule has 3 aromatic rings. The molecule has 8 nitrogen and oxygen atoms in total. The molecule has 0 saturated heterocycles. The molecule has 0 aliphatic carbocycles. The minimum atomic E-state index is -3.71. The summed E-state index contributed by atoms with van der Waals surface area (Å²) in [5.41, 5.74) is 2.40. The highest BCUT2D eigenvalue weighted by atomic mass is 32.2. The van der Waals surface area contributed by atoms with E-state index in [4.69, 9.17) is 4.42 Å². The van der Waals surface area contributed by atoms with Crippen LogP contribution in [0.3, 0.4) is 0 Å². The maximum absolute atomic E-state index is 12.7. The largest absolute Gasteiger partial charge is 0.419 e. The average molecular weight is 336 g/mol. The summed E-state index contributed by atoms with van der Waals surface area (Å²) in [5, 5.41) is 6.66. The van der Waals surface area contributed by atoms with Crippen LogP contribution in [0.4, 0.5) is 0 Å². The van der Waals surface area contributed by atoms with Gasteiger partial charge in [-0.2, -0.15) is 9.40 Å². The molecule has 2 heterocycles. The molecule has 0 bridgehead atoms. The van der Waals surface area contributed by atoms with Gasteiger partial charge < -0.3 is 4.42 Å². The Kier molecular flexibility index (Phi) is 3.61. The number of nitrogens with zero attached hydrogens (tertiary/aromatic N) is 3. The third kappa shape index (κ3) is 2.57. The van der Waals surface area contributed by atoms with Crippen molar-refractivity contribution in [3.8, 4) is 0 Å². The van der Waals surface area contributed by atoms with Gasteiger partial charge in [0, 0.05) is 38.0 Å². The van der Waals surface area contributed by atoms with Crippen LogP contribution < -0.4 is 5.76 Å². The summed E-state index contributed by atoms with van der Waals surface area (Å²) in [7, 11) is -0.648. The lowest BCUT2D eigenvalue weighted by Gasteiger charge is -2.16. The Balaban J connectivity index is 1.98. The molecule has 0 radical (unpaired) electrons. The third-order valence-electron chi connectivity index (χ3n) is 3.80. The van der Waals surface area contributed by atoms with Crippen molar-refractivity contribution in [2.24, 2.45) is 7.05 Å². The van der Waals surface area contributed by atoms with Crippen LogP contribution in [0.2, 0.25) is 0 Å². The predicted octanol–water partition coefficient (Wildman–Crippen LogP) is 0.984.